The maximum atomic E-state index is 4.10. The lowest BCUT2D eigenvalue weighted by molar-refractivity contribution is 0.584. The van der Waals surface area contributed by atoms with Crippen LogP contribution in [-0.2, 0) is 5.41 Å². The van der Waals surface area contributed by atoms with E-state index in [1.165, 1.54) is 5.56 Å². The average Bonchev–Trinajstić information content (AvgIpc) is 2.47. The zero-order valence-electron chi connectivity index (χ0n) is 8.15. The molecule has 0 unspecified atom stereocenters. The Bertz CT molecular complexity index is 423. The largest absolute Gasteiger partial charge is 0.221 e. The first kappa shape index (κ1) is 8.23. The molecule has 0 aliphatic carbocycles. The monoisotopic (exact) mass is 175 g/mol. The highest BCUT2D eigenvalue weighted by molar-refractivity contribution is 5.38. The Kier molecular flexibility index (Phi) is 1.62. The molecule has 0 aromatic carbocycles. The molecular weight excluding hydrogens is 162 g/mol. The van der Waals surface area contributed by atoms with E-state index in [9.17, 15) is 0 Å². The van der Waals surface area contributed by atoms with Gasteiger partial charge >= 0.3 is 0 Å². The Morgan fingerprint density at radius 1 is 1.23 bits per heavy atom. The Morgan fingerprint density at radius 2 is 2.00 bits per heavy atom. The lowest BCUT2D eigenvalue weighted by Crippen LogP contribution is -2.12. The third-order valence-corrected chi connectivity index (χ3v) is 2.14. The van der Waals surface area contributed by atoms with Gasteiger partial charge in [-0.2, -0.15) is 5.10 Å². The molecule has 2 aromatic rings. The summed E-state index contributed by atoms with van der Waals surface area (Å²) in [6.07, 6.45) is 3.60. The standard InChI is InChI=1S/C10H13N3/c1-10(2,3)8-4-5-9-11-7-12-13(9)6-8/h4-7H,1-3H3. The second-order valence-corrected chi connectivity index (χ2v) is 4.23. The van der Waals surface area contributed by atoms with E-state index in [0.717, 1.165) is 5.65 Å². The molecule has 3 nitrogen and oxygen atoms in total. The van der Waals surface area contributed by atoms with Crippen LogP contribution in [-0.4, -0.2) is 14.6 Å². The average molecular weight is 175 g/mol. The minimum atomic E-state index is 0.167. The van der Waals surface area contributed by atoms with Crippen LogP contribution in [0.1, 0.15) is 26.3 Å². The van der Waals surface area contributed by atoms with Crippen LogP contribution in [0.4, 0.5) is 0 Å². The van der Waals surface area contributed by atoms with Gasteiger partial charge in [0.2, 0.25) is 0 Å². The molecule has 0 saturated carbocycles. The number of fused-ring (bicyclic) bond motifs is 1. The first-order chi connectivity index (χ1) is 6.07. The van der Waals surface area contributed by atoms with E-state index in [4.69, 9.17) is 0 Å². The van der Waals surface area contributed by atoms with Crippen molar-refractivity contribution in [1.29, 1.82) is 0 Å². The van der Waals surface area contributed by atoms with E-state index in [0.29, 0.717) is 0 Å². The Labute approximate surface area is 77.4 Å². The maximum absolute atomic E-state index is 4.10. The molecule has 0 radical (unpaired) electrons. The molecule has 0 atom stereocenters. The SMILES string of the molecule is CC(C)(C)c1ccc2ncnn2c1. The summed E-state index contributed by atoms with van der Waals surface area (Å²) in [5, 5.41) is 4.10. The Balaban J connectivity index is 2.61. The van der Waals surface area contributed by atoms with Gasteiger partial charge in [-0.15, -0.1) is 0 Å². The molecule has 0 amide bonds. The number of pyridine rings is 1. The molecular formula is C10H13N3. The number of hydrogen-bond acceptors (Lipinski definition) is 2. The van der Waals surface area contributed by atoms with Crippen molar-refractivity contribution in [3.63, 3.8) is 0 Å². The summed E-state index contributed by atoms with van der Waals surface area (Å²) in [5.74, 6) is 0. The third kappa shape index (κ3) is 1.41. The zero-order chi connectivity index (χ0) is 9.47. The summed E-state index contributed by atoms with van der Waals surface area (Å²) < 4.78 is 1.81. The summed E-state index contributed by atoms with van der Waals surface area (Å²) >= 11 is 0. The van der Waals surface area contributed by atoms with Gasteiger partial charge in [0.1, 0.15) is 6.33 Å². The van der Waals surface area contributed by atoms with Crippen molar-refractivity contribution in [2.75, 3.05) is 0 Å². The summed E-state index contributed by atoms with van der Waals surface area (Å²) in [6.45, 7) is 6.56. The van der Waals surface area contributed by atoms with E-state index in [-0.39, 0.29) is 5.41 Å². The molecule has 68 valence electrons. The lowest BCUT2D eigenvalue weighted by atomic mass is 9.88. The smallest absolute Gasteiger partial charge is 0.155 e. The fourth-order valence-corrected chi connectivity index (χ4v) is 1.26. The lowest BCUT2D eigenvalue weighted by Gasteiger charge is -2.18. The van der Waals surface area contributed by atoms with Crippen LogP contribution in [0.5, 0.6) is 0 Å². The fourth-order valence-electron chi connectivity index (χ4n) is 1.26. The van der Waals surface area contributed by atoms with E-state index in [2.05, 4.69) is 36.9 Å². The van der Waals surface area contributed by atoms with Gasteiger partial charge in [-0.05, 0) is 17.0 Å². The van der Waals surface area contributed by atoms with Crippen molar-refractivity contribution in [2.24, 2.45) is 0 Å². The molecule has 0 fully saturated rings. The summed E-state index contributed by atoms with van der Waals surface area (Å²) in [5.41, 5.74) is 2.33. The predicted octanol–water partition coefficient (Wildman–Crippen LogP) is 2.03. The van der Waals surface area contributed by atoms with Gasteiger partial charge in [0.25, 0.3) is 0 Å². The van der Waals surface area contributed by atoms with Gasteiger partial charge in [-0.3, -0.25) is 0 Å². The highest BCUT2D eigenvalue weighted by Crippen LogP contribution is 2.21. The number of hydrogen-bond donors (Lipinski definition) is 0. The van der Waals surface area contributed by atoms with Crippen molar-refractivity contribution in [3.05, 3.63) is 30.2 Å². The quantitative estimate of drug-likeness (QED) is 0.613. The molecule has 0 aliphatic heterocycles. The van der Waals surface area contributed by atoms with Gasteiger partial charge in [0.15, 0.2) is 5.65 Å². The highest BCUT2D eigenvalue weighted by Gasteiger charge is 2.13. The number of aromatic nitrogens is 3. The third-order valence-electron chi connectivity index (χ3n) is 2.14. The van der Waals surface area contributed by atoms with Crippen LogP contribution in [0.15, 0.2) is 24.7 Å². The van der Waals surface area contributed by atoms with Crippen molar-refractivity contribution in [3.8, 4) is 0 Å². The van der Waals surface area contributed by atoms with E-state index in [1.54, 1.807) is 10.8 Å². The first-order valence-corrected chi connectivity index (χ1v) is 4.37. The minimum absolute atomic E-state index is 0.167. The van der Waals surface area contributed by atoms with Crippen LogP contribution in [0.25, 0.3) is 5.65 Å². The van der Waals surface area contributed by atoms with Crippen molar-refractivity contribution in [1.82, 2.24) is 14.6 Å². The number of nitrogens with zero attached hydrogens (tertiary/aromatic N) is 3. The van der Waals surface area contributed by atoms with E-state index >= 15 is 0 Å². The normalized spacial score (nSPS) is 12.2. The van der Waals surface area contributed by atoms with Crippen molar-refractivity contribution in [2.45, 2.75) is 26.2 Å². The maximum Gasteiger partial charge on any atom is 0.155 e. The van der Waals surface area contributed by atoms with Crippen LogP contribution in [0.2, 0.25) is 0 Å². The van der Waals surface area contributed by atoms with Crippen LogP contribution in [0.3, 0.4) is 0 Å². The molecule has 2 aromatic heterocycles. The molecule has 0 aliphatic rings. The molecule has 2 rings (SSSR count). The Hall–Kier alpha value is -1.38. The molecule has 0 N–H and O–H groups in total. The Morgan fingerprint density at radius 3 is 2.69 bits per heavy atom. The molecule has 0 bridgehead atoms. The number of rotatable bonds is 0. The molecule has 0 saturated heterocycles. The van der Waals surface area contributed by atoms with Gasteiger partial charge in [0, 0.05) is 6.20 Å². The summed E-state index contributed by atoms with van der Waals surface area (Å²) in [7, 11) is 0. The van der Waals surface area contributed by atoms with E-state index < -0.39 is 0 Å². The fraction of sp³-hybridized carbons (Fsp3) is 0.400. The van der Waals surface area contributed by atoms with Crippen molar-refractivity contribution < 1.29 is 0 Å². The van der Waals surface area contributed by atoms with Crippen LogP contribution >= 0.6 is 0 Å². The van der Waals surface area contributed by atoms with Gasteiger partial charge in [0.05, 0.1) is 0 Å². The zero-order valence-corrected chi connectivity index (χ0v) is 8.15. The molecule has 3 heteroatoms. The molecule has 13 heavy (non-hydrogen) atoms. The van der Waals surface area contributed by atoms with Gasteiger partial charge in [-0.1, -0.05) is 26.8 Å². The van der Waals surface area contributed by atoms with Crippen LogP contribution < -0.4 is 0 Å². The summed E-state index contributed by atoms with van der Waals surface area (Å²) in [6, 6.07) is 4.09. The van der Waals surface area contributed by atoms with Gasteiger partial charge in [-0.25, -0.2) is 9.50 Å². The van der Waals surface area contributed by atoms with Crippen LogP contribution in [0, 0.1) is 0 Å². The highest BCUT2D eigenvalue weighted by atomic mass is 15.3. The molecule has 2 heterocycles. The van der Waals surface area contributed by atoms with E-state index in [1.807, 2.05) is 12.3 Å². The second-order valence-electron chi connectivity index (χ2n) is 4.23. The van der Waals surface area contributed by atoms with Gasteiger partial charge < -0.3 is 0 Å². The topological polar surface area (TPSA) is 30.2 Å². The first-order valence-electron chi connectivity index (χ1n) is 4.37. The van der Waals surface area contributed by atoms with Crippen molar-refractivity contribution >= 4 is 5.65 Å². The second kappa shape index (κ2) is 2.55. The predicted molar refractivity (Wildman–Crippen MR) is 51.7 cm³/mol. The minimum Gasteiger partial charge on any atom is -0.221 e. The summed E-state index contributed by atoms with van der Waals surface area (Å²) in [4.78, 5) is 4.09. The molecule has 0 spiro atoms.